The number of para-hydroxylation sites is 1. The summed E-state index contributed by atoms with van der Waals surface area (Å²) in [6.45, 7) is 0.239. The van der Waals surface area contributed by atoms with E-state index in [2.05, 4.69) is 34.9 Å². The van der Waals surface area contributed by atoms with Gasteiger partial charge in [-0.25, -0.2) is 0 Å². The number of anilines is 1. The number of benzene rings is 3. The Balaban J connectivity index is 1.70. The van der Waals surface area contributed by atoms with E-state index in [-0.39, 0.29) is 18.5 Å². The SMILES string of the molecule is O=C(CNC(c1ccccc1)c1ccccc1)Nc1ccccc1. The predicted octanol–water partition coefficient (Wildman–Crippen LogP) is 4.00. The molecule has 120 valence electrons. The Hall–Kier alpha value is -2.91. The number of nitrogens with one attached hydrogen (secondary N) is 2. The molecule has 0 aromatic heterocycles. The van der Waals surface area contributed by atoms with E-state index in [4.69, 9.17) is 0 Å². The van der Waals surface area contributed by atoms with E-state index >= 15 is 0 Å². The molecule has 0 fully saturated rings. The maximum atomic E-state index is 12.2. The highest BCUT2D eigenvalue weighted by Crippen LogP contribution is 2.21. The lowest BCUT2D eigenvalue weighted by Crippen LogP contribution is -2.31. The van der Waals surface area contributed by atoms with Gasteiger partial charge in [-0.1, -0.05) is 78.9 Å². The Bertz CT molecular complexity index is 718. The first kappa shape index (κ1) is 16.0. The van der Waals surface area contributed by atoms with Gasteiger partial charge in [0.05, 0.1) is 12.6 Å². The molecule has 0 spiro atoms. The van der Waals surface area contributed by atoms with Gasteiger partial charge < -0.3 is 5.32 Å². The summed E-state index contributed by atoms with van der Waals surface area (Å²) < 4.78 is 0. The van der Waals surface area contributed by atoms with E-state index < -0.39 is 0 Å². The van der Waals surface area contributed by atoms with Crippen LogP contribution in [0.3, 0.4) is 0 Å². The van der Waals surface area contributed by atoms with Crippen molar-refractivity contribution in [3.63, 3.8) is 0 Å². The zero-order valence-electron chi connectivity index (χ0n) is 13.4. The Labute approximate surface area is 142 Å². The van der Waals surface area contributed by atoms with Gasteiger partial charge in [-0.2, -0.15) is 0 Å². The van der Waals surface area contributed by atoms with Crippen molar-refractivity contribution in [3.05, 3.63) is 102 Å². The summed E-state index contributed by atoms with van der Waals surface area (Å²) >= 11 is 0. The zero-order valence-corrected chi connectivity index (χ0v) is 13.4. The molecule has 3 rings (SSSR count). The van der Waals surface area contributed by atoms with Crippen molar-refractivity contribution in [2.45, 2.75) is 6.04 Å². The van der Waals surface area contributed by atoms with E-state index in [9.17, 15) is 4.79 Å². The second-order valence-electron chi connectivity index (χ2n) is 5.55. The normalized spacial score (nSPS) is 10.5. The number of amides is 1. The third kappa shape index (κ3) is 4.31. The van der Waals surface area contributed by atoms with Crippen LogP contribution in [0.15, 0.2) is 91.0 Å². The fourth-order valence-corrected chi connectivity index (χ4v) is 2.64. The predicted molar refractivity (Wildman–Crippen MR) is 97.8 cm³/mol. The van der Waals surface area contributed by atoms with E-state index in [1.807, 2.05) is 66.7 Å². The van der Waals surface area contributed by atoms with Crippen LogP contribution >= 0.6 is 0 Å². The first-order valence-corrected chi connectivity index (χ1v) is 8.01. The van der Waals surface area contributed by atoms with Crippen LogP contribution in [0, 0.1) is 0 Å². The van der Waals surface area contributed by atoms with Crippen LogP contribution in [0.2, 0.25) is 0 Å². The molecule has 0 saturated heterocycles. The van der Waals surface area contributed by atoms with E-state index in [0.29, 0.717) is 0 Å². The average Bonchev–Trinajstić information content (AvgIpc) is 2.64. The van der Waals surface area contributed by atoms with Gasteiger partial charge in [-0.05, 0) is 23.3 Å². The lowest BCUT2D eigenvalue weighted by Gasteiger charge is -2.19. The fraction of sp³-hybridized carbons (Fsp3) is 0.0952. The van der Waals surface area contributed by atoms with Gasteiger partial charge in [0.25, 0.3) is 0 Å². The number of rotatable bonds is 6. The largest absolute Gasteiger partial charge is 0.325 e. The molecule has 3 aromatic carbocycles. The molecule has 0 aliphatic rings. The third-order valence-corrected chi connectivity index (χ3v) is 3.79. The maximum Gasteiger partial charge on any atom is 0.238 e. The summed E-state index contributed by atoms with van der Waals surface area (Å²) in [6.07, 6.45) is 0. The quantitative estimate of drug-likeness (QED) is 0.721. The van der Waals surface area contributed by atoms with Crippen LogP contribution in [0.5, 0.6) is 0 Å². The minimum atomic E-state index is -0.0573. The molecule has 2 N–H and O–H groups in total. The molecule has 24 heavy (non-hydrogen) atoms. The number of hydrogen-bond acceptors (Lipinski definition) is 2. The second-order valence-corrected chi connectivity index (χ2v) is 5.55. The number of hydrogen-bond donors (Lipinski definition) is 2. The van der Waals surface area contributed by atoms with Gasteiger partial charge in [0.1, 0.15) is 0 Å². The monoisotopic (exact) mass is 316 g/mol. The Morgan fingerprint density at radius 3 is 1.67 bits per heavy atom. The summed E-state index contributed by atoms with van der Waals surface area (Å²) in [4.78, 5) is 12.2. The molecule has 0 saturated carbocycles. The maximum absolute atomic E-state index is 12.2. The molecular weight excluding hydrogens is 296 g/mol. The topological polar surface area (TPSA) is 41.1 Å². The Kier molecular flexibility index (Phi) is 5.38. The van der Waals surface area contributed by atoms with Crippen LogP contribution in [0.25, 0.3) is 0 Å². The van der Waals surface area contributed by atoms with Crippen molar-refractivity contribution in [3.8, 4) is 0 Å². The van der Waals surface area contributed by atoms with Crippen molar-refractivity contribution in [1.29, 1.82) is 0 Å². The lowest BCUT2D eigenvalue weighted by molar-refractivity contribution is -0.115. The highest BCUT2D eigenvalue weighted by molar-refractivity contribution is 5.92. The third-order valence-electron chi connectivity index (χ3n) is 3.79. The summed E-state index contributed by atoms with van der Waals surface area (Å²) in [5.74, 6) is -0.0573. The molecule has 0 aliphatic carbocycles. The van der Waals surface area contributed by atoms with Gasteiger partial charge in [0.15, 0.2) is 0 Å². The number of carbonyl (C=O) groups excluding carboxylic acids is 1. The Morgan fingerprint density at radius 1 is 0.708 bits per heavy atom. The molecule has 3 aromatic rings. The lowest BCUT2D eigenvalue weighted by atomic mass is 9.99. The summed E-state index contributed by atoms with van der Waals surface area (Å²) in [6, 6.07) is 29.8. The second kappa shape index (κ2) is 8.09. The first-order chi connectivity index (χ1) is 11.8. The van der Waals surface area contributed by atoms with Crippen molar-refractivity contribution < 1.29 is 4.79 Å². The van der Waals surface area contributed by atoms with Crippen molar-refractivity contribution in [2.75, 3.05) is 11.9 Å². The van der Waals surface area contributed by atoms with Crippen LogP contribution in [0.4, 0.5) is 5.69 Å². The first-order valence-electron chi connectivity index (χ1n) is 8.01. The van der Waals surface area contributed by atoms with E-state index in [1.54, 1.807) is 0 Å². The molecule has 0 heterocycles. The summed E-state index contributed by atoms with van der Waals surface area (Å²) in [5.41, 5.74) is 3.08. The van der Waals surface area contributed by atoms with Crippen molar-refractivity contribution >= 4 is 11.6 Å². The Morgan fingerprint density at radius 2 is 1.17 bits per heavy atom. The average molecular weight is 316 g/mol. The molecule has 3 nitrogen and oxygen atoms in total. The van der Waals surface area contributed by atoms with E-state index in [0.717, 1.165) is 16.8 Å². The highest BCUT2D eigenvalue weighted by Gasteiger charge is 2.14. The zero-order chi connectivity index (χ0) is 16.6. The van der Waals surface area contributed by atoms with Crippen LogP contribution < -0.4 is 10.6 Å². The molecule has 0 unspecified atom stereocenters. The minimum absolute atomic E-state index is 0.0195. The van der Waals surface area contributed by atoms with E-state index in [1.165, 1.54) is 0 Å². The molecule has 0 aliphatic heterocycles. The van der Waals surface area contributed by atoms with Gasteiger partial charge in [0, 0.05) is 5.69 Å². The molecule has 0 atom stereocenters. The van der Waals surface area contributed by atoms with Gasteiger partial charge in [0.2, 0.25) is 5.91 Å². The van der Waals surface area contributed by atoms with Crippen LogP contribution in [-0.4, -0.2) is 12.5 Å². The molecular formula is C21H20N2O. The van der Waals surface area contributed by atoms with Crippen molar-refractivity contribution in [2.24, 2.45) is 0 Å². The molecule has 3 heteroatoms. The van der Waals surface area contributed by atoms with Gasteiger partial charge >= 0.3 is 0 Å². The fourth-order valence-electron chi connectivity index (χ4n) is 2.64. The smallest absolute Gasteiger partial charge is 0.238 e. The summed E-state index contributed by atoms with van der Waals surface area (Å²) in [7, 11) is 0. The van der Waals surface area contributed by atoms with Crippen LogP contribution in [-0.2, 0) is 4.79 Å². The molecule has 0 bridgehead atoms. The van der Waals surface area contributed by atoms with Crippen LogP contribution in [0.1, 0.15) is 17.2 Å². The van der Waals surface area contributed by atoms with Gasteiger partial charge in [-0.15, -0.1) is 0 Å². The summed E-state index contributed by atoms with van der Waals surface area (Å²) in [5, 5.41) is 6.26. The van der Waals surface area contributed by atoms with Gasteiger partial charge in [-0.3, -0.25) is 10.1 Å². The molecule has 0 radical (unpaired) electrons. The van der Waals surface area contributed by atoms with Crippen molar-refractivity contribution in [1.82, 2.24) is 5.32 Å². The highest BCUT2D eigenvalue weighted by atomic mass is 16.1. The standard InChI is InChI=1S/C21H20N2O/c24-20(23-19-14-8-3-9-15-19)16-22-21(17-10-4-1-5-11-17)18-12-6-2-7-13-18/h1-15,21-22H,16H2,(H,23,24). The minimum Gasteiger partial charge on any atom is -0.325 e. The molecule has 1 amide bonds. The number of carbonyl (C=O) groups is 1.